The van der Waals surface area contributed by atoms with Crippen LogP contribution in [-0.4, -0.2) is 46.7 Å². The molecule has 0 aliphatic heterocycles. The van der Waals surface area contributed by atoms with Crippen molar-refractivity contribution in [1.82, 2.24) is 15.3 Å². The number of nitrogens with two attached hydrogens (primary N) is 3. The van der Waals surface area contributed by atoms with E-state index in [9.17, 15) is 4.79 Å². The first-order chi connectivity index (χ1) is 14.8. The Morgan fingerprint density at radius 2 is 1.90 bits per heavy atom. The van der Waals surface area contributed by atoms with Crippen LogP contribution in [-0.2, 0) is 6.42 Å². The number of hydrogen-bond acceptors (Lipinski definition) is 8. The predicted octanol–water partition coefficient (Wildman–Crippen LogP) is 1.29. The molecule has 1 aromatic carbocycles. The maximum absolute atomic E-state index is 12.2. The van der Waals surface area contributed by atoms with Crippen molar-refractivity contribution in [2.24, 2.45) is 10.7 Å². The fourth-order valence-electron chi connectivity index (χ4n) is 2.45. The molecule has 1 amide bonds. The number of aliphatic hydroxyl groups excluding tert-OH is 1. The van der Waals surface area contributed by atoms with E-state index in [-0.39, 0.29) is 41.7 Å². The first-order valence-corrected chi connectivity index (χ1v) is 9.87. The third-order valence-electron chi connectivity index (χ3n) is 4.11. The quantitative estimate of drug-likeness (QED) is 0.156. The average molecular weight is 448 g/mol. The number of aryl methyl sites for hydroxylation is 1. The van der Waals surface area contributed by atoms with Gasteiger partial charge in [-0.2, -0.15) is 0 Å². The zero-order valence-electron chi connectivity index (χ0n) is 17.0. The summed E-state index contributed by atoms with van der Waals surface area (Å²) in [6.07, 6.45) is 2.53. The lowest BCUT2D eigenvalue weighted by Gasteiger charge is -2.08. The SMILES string of the molecule is C=C(CO)COc1ccc(CCCCN=C(N)NC(=O)c2nc(Cl)c(N)nc2N)cc1. The molecule has 0 fully saturated rings. The van der Waals surface area contributed by atoms with Crippen LogP contribution in [0, 0.1) is 0 Å². The Hall–Kier alpha value is -3.37. The minimum absolute atomic E-state index is 0.0508. The van der Waals surface area contributed by atoms with E-state index in [1.54, 1.807) is 0 Å². The van der Waals surface area contributed by atoms with E-state index in [1.165, 1.54) is 0 Å². The van der Waals surface area contributed by atoms with Crippen molar-refractivity contribution in [2.75, 3.05) is 31.2 Å². The highest BCUT2D eigenvalue weighted by molar-refractivity contribution is 6.31. The topological polar surface area (TPSA) is 175 Å². The number of unbranched alkanes of at least 4 members (excludes halogenated alkanes) is 1. The highest BCUT2D eigenvalue weighted by Crippen LogP contribution is 2.17. The number of aromatic nitrogens is 2. The number of anilines is 2. The lowest BCUT2D eigenvalue weighted by Crippen LogP contribution is -2.38. The maximum Gasteiger partial charge on any atom is 0.280 e. The molecule has 0 unspecified atom stereocenters. The van der Waals surface area contributed by atoms with Crippen LogP contribution in [0.1, 0.15) is 28.9 Å². The smallest absolute Gasteiger partial charge is 0.280 e. The van der Waals surface area contributed by atoms with Gasteiger partial charge in [0.1, 0.15) is 12.4 Å². The molecule has 10 nitrogen and oxygen atoms in total. The number of ether oxygens (including phenoxy) is 1. The molecule has 2 aromatic rings. The van der Waals surface area contributed by atoms with Gasteiger partial charge in [0, 0.05) is 6.54 Å². The number of hydrogen-bond donors (Lipinski definition) is 5. The van der Waals surface area contributed by atoms with Crippen LogP contribution in [0.5, 0.6) is 5.75 Å². The molecule has 0 aliphatic carbocycles. The summed E-state index contributed by atoms with van der Waals surface area (Å²) >= 11 is 5.76. The number of aliphatic hydroxyl groups is 1. The summed E-state index contributed by atoms with van der Waals surface area (Å²) in [5, 5.41) is 11.2. The molecule has 0 saturated carbocycles. The summed E-state index contributed by atoms with van der Waals surface area (Å²) in [7, 11) is 0. The normalized spacial score (nSPS) is 11.2. The number of guanidine groups is 1. The van der Waals surface area contributed by atoms with Gasteiger partial charge in [0.05, 0.1) is 6.61 Å². The molecule has 0 atom stereocenters. The van der Waals surface area contributed by atoms with Crippen molar-refractivity contribution in [3.8, 4) is 5.75 Å². The van der Waals surface area contributed by atoms with E-state index >= 15 is 0 Å². The second-order valence-corrected chi connectivity index (χ2v) is 7.01. The number of halogens is 1. The van der Waals surface area contributed by atoms with Gasteiger partial charge < -0.3 is 27.0 Å². The highest BCUT2D eigenvalue weighted by atomic mass is 35.5. The number of nitrogens with one attached hydrogen (secondary N) is 1. The molecule has 1 heterocycles. The van der Waals surface area contributed by atoms with Gasteiger partial charge >= 0.3 is 0 Å². The molecule has 166 valence electrons. The number of rotatable bonds is 10. The predicted molar refractivity (Wildman–Crippen MR) is 121 cm³/mol. The van der Waals surface area contributed by atoms with Crippen molar-refractivity contribution in [3.05, 3.63) is 52.8 Å². The van der Waals surface area contributed by atoms with Gasteiger partial charge in [0.2, 0.25) is 0 Å². The van der Waals surface area contributed by atoms with E-state index in [0.29, 0.717) is 12.1 Å². The fourth-order valence-corrected chi connectivity index (χ4v) is 2.57. The van der Waals surface area contributed by atoms with E-state index in [0.717, 1.165) is 30.6 Å². The molecular formula is C20H26ClN7O3. The average Bonchev–Trinajstić information content (AvgIpc) is 2.75. The monoisotopic (exact) mass is 447 g/mol. The molecule has 0 radical (unpaired) electrons. The Bertz CT molecular complexity index is 949. The molecule has 11 heteroatoms. The van der Waals surface area contributed by atoms with Gasteiger partial charge in [-0.1, -0.05) is 30.3 Å². The molecule has 8 N–H and O–H groups in total. The van der Waals surface area contributed by atoms with Crippen LogP contribution in [0.25, 0.3) is 0 Å². The second kappa shape index (κ2) is 11.7. The molecule has 31 heavy (non-hydrogen) atoms. The summed E-state index contributed by atoms with van der Waals surface area (Å²) in [6.45, 7) is 4.32. The number of amides is 1. The van der Waals surface area contributed by atoms with Gasteiger partial charge in [-0.25, -0.2) is 9.97 Å². The zero-order chi connectivity index (χ0) is 22.8. The van der Waals surface area contributed by atoms with Crippen molar-refractivity contribution in [2.45, 2.75) is 19.3 Å². The lowest BCUT2D eigenvalue weighted by atomic mass is 10.1. The van der Waals surface area contributed by atoms with E-state index < -0.39 is 5.91 Å². The Balaban J connectivity index is 1.73. The van der Waals surface area contributed by atoms with Crippen LogP contribution in [0.4, 0.5) is 11.6 Å². The van der Waals surface area contributed by atoms with Gasteiger partial charge in [0.25, 0.3) is 5.91 Å². The molecule has 2 rings (SSSR count). The Labute approximate surface area is 185 Å². The Morgan fingerprint density at radius 3 is 2.58 bits per heavy atom. The fraction of sp³-hybridized carbons (Fsp3) is 0.300. The largest absolute Gasteiger partial charge is 0.489 e. The first kappa shape index (κ1) is 23.9. The zero-order valence-corrected chi connectivity index (χ0v) is 17.7. The summed E-state index contributed by atoms with van der Waals surface area (Å²) < 4.78 is 5.51. The molecular weight excluding hydrogens is 422 g/mol. The molecule has 0 spiro atoms. The van der Waals surface area contributed by atoms with Crippen molar-refractivity contribution >= 4 is 35.1 Å². The minimum atomic E-state index is -0.668. The maximum atomic E-state index is 12.2. The van der Waals surface area contributed by atoms with Crippen molar-refractivity contribution in [1.29, 1.82) is 0 Å². The van der Waals surface area contributed by atoms with Crippen LogP contribution in [0.15, 0.2) is 41.4 Å². The third kappa shape index (κ3) is 7.76. The second-order valence-electron chi connectivity index (χ2n) is 6.65. The number of benzene rings is 1. The van der Waals surface area contributed by atoms with Crippen molar-refractivity contribution < 1.29 is 14.6 Å². The molecule has 0 bridgehead atoms. The molecule has 1 aromatic heterocycles. The Kier molecular flexibility index (Phi) is 9.04. The van der Waals surface area contributed by atoms with Gasteiger partial charge in [-0.15, -0.1) is 0 Å². The Morgan fingerprint density at radius 1 is 1.19 bits per heavy atom. The van der Waals surface area contributed by atoms with E-state index in [4.69, 9.17) is 38.6 Å². The summed E-state index contributed by atoms with van der Waals surface area (Å²) in [5.74, 6) is -0.212. The van der Waals surface area contributed by atoms with Crippen LogP contribution in [0.2, 0.25) is 5.15 Å². The standard InChI is InChI=1S/C20H26ClN7O3/c1-12(10-29)11-31-14-7-5-13(6-8-14)4-2-3-9-25-20(24)28-19(30)15-17(22)27-18(23)16(21)26-15/h5-8,29H,1-4,9-11H2,(H4,22,23,27)(H3,24,25,28,30). The number of nitrogen functional groups attached to an aromatic ring is 2. The van der Waals surface area contributed by atoms with Gasteiger partial charge in [-0.3, -0.25) is 15.1 Å². The van der Waals surface area contributed by atoms with Crippen LogP contribution in [0.3, 0.4) is 0 Å². The number of aliphatic imine (C=N–C) groups is 1. The number of carbonyl (C=O) groups is 1. The summed E-state index contributed by atoms with van der Waals surface area (Å²) in [5.41, 5.74) is 18.5. The minimum Gasteiger partial charge on any atom is -0.489 e. The van der Waals surface area contributed by atoms with Gasteiger partial charge in [0.15, 0.2) is 28.4 Å². The first-order valence-electron chi connectivity index (χ1n) is 9.49. The van der Waals surface area contributed by atoms with Crippen LogP contribution < -0.4 is 27.3 Å². The molecule has 0 saturated heterocycles. The van der Waals surface area contributed by atoms with E-state index in [2.05, 4.69) is 26.9 Å². The highest BCUT2D eigenvalue weighted by Gasteiger charge is 2.16. The number of nitrogens with zero attached hydrogens (tertiary/aromatic N) is 3. The van der Waals surface area contributed by atoms with Gasteiger partial charge in [-0.05, 0) is 42.5 Å². The number of carbonyl (C=O) groups excluding carboxylic acids is 1. The molecule has 0 aliphatic rings. The summed E-state index contributed by atoms with van der Waals surface area (Å²) in [4.78, 5) is 23.8. The lowest BCUT2D eigenvalue weighted by molar-refractivity contribution is 0.0972. The van der Waals surface area contributed by atoms with E-state index in [1.807, 2.05) is 24.3 Å². The van der Waals surface area contributed by atoms with Crippen LogP contribution >= 0.6 is 11.6 Å². The summed E-state index contributed by atoms with van der Waals surface area (Å²) in [6, 6.07) is 7.73. The van der Waals surface area contributed by atoms with Crippen molar-refractivity contribution in [3.63, 3.8) is 0 Å². The third-order valence-corrected chi connectivity index (χ3v) is 4.39.